The van der Waals surface area contributed by atoms with Gasteiger partial charge < -0.3 is 9.15 Å². The highest BCUT2D eigenvalue weighted by Gasteiger charge is 2.09. The van der Waals surface area contributed by atoms with E-state index in [1.807, 2.05) is 60.7 Å². The summed E-state index contributed by atoms with van der Waals surface area (Å²) in [6.07, 6.45) is 1.75. The Labute approximate surface area is 169 Å². The molecule has 0 aliphatic carbocycles. The van der Waals surface area contributed by atoms with Crippen molar-refractivity contribution < 1.29 is 9.15 Å². The second-order valence-corrected chi connectivity index (χ2v) is 7.16. The Morgan fingerprint density at radius 3 is 2.78 bits per heavy atom. The molecule has 4 aromatic rings. The number of ether oxygens (including phenoxy) is 1. The van der Waals surface area contributed by atoms with Crippen LogP contribution >= 0.6 is 27.5 Å². The highest BCUT2D eigenvalue weighted by Crippen LogP contribution is 2.29. The molecule has 0 aliphatic rings. The van der Waals surface area contributed by atoms with E-state index < -0.39 is 0 Å². The molecule has 1 aromatic heterocycles. The third-order valence-electron chi connectivity index (χ3n) is 3.98. The zero-order valence-corrected chi connectivity index (χ0v) is 16.7. The number of fused-ring (bicyclic) bond motifs is 1. The lowest BCUT2D eigenvalue weighted by Crippen LogP contribution is -1.86. The lowest BCUT2D eigenvalue weighted by molar-refractivity contribution is 0.415. The molecule has 4 rings (SSSR count). The van der Waals surface area contributed by atoms with Gasteiger partial charge in [0.05, 0.1) is 17.8 Å². The van der Waals surface area contributed by atoms with Crippen LogP contribution in [-0.2, 0) is 0 Å². The molecule has 0 atom stereocenters. The monoisotopic (exact) mass is 440 g/mol. The van der Waals surface area contributed by atoms with E-state index in [2.05, 4.69) is 25.9 Å². The lowest BCUT2D eigenvalue weighted by Gasteiger charge is -2.02. The van der Waals surface area contributed by atoms with Gasteiger partial charge >= 0.3 is 0 Å². The first-order chi connectivity index (χ1) is 13.1. The highest BCUT2D eigenvalue weighted by atomic mass is 79.9. The Morgan fingerprint density at radius 1 is 1.11 bits per heavy atom. The lowest BCUT2D eigenvalue weighted by atomic mass is 10.2. The maximum atomic E-state index is 6.15. The summed E-state index contributed by atoms with van der Waals surface area (Å²) in [6.45, 7) is 0. The van der Waals surface area contributed by atoms with Gasteiger partial charge in [-0.2, -0.15) is 0 Å². The maximum absolute atomic E-state index is 6.15. The molecule has 0 radical (unpaired) electrons. The number of rotatable bonds is 4. The quantitative estimate of drug-likeness (QED) is 0.332. The molecule has 0 bridgehead atoms. The number of hydrogen-bond acceptors (Lipinski definition) is 4. The van der Waals surface area contributed by atoms with Crippen LogP contribution in [0.15, 0.2) is 74.5 Å². The largest absolute Gasteiger partial charge is 0.495 e. The van der Waals surface area contributed by atoms with Gasteiger partial charge in [-0.3, -0.25) is 4.99 Å². The predicted molar refractivity (Wildman–Crippen MR) is 112 cm³/mol. The summed E-state index contributed by atoms with van der Waals surface area (Å²) in [5, 5.41) is 0.548. The van der Waals surface area contributed by atoms with Gasteiger partial charge in [-0.05, 0) is 60.2 Å². The molecule has 27 heavy (non-hydrogen) atoms. The second kappa shape index (κ2) is 7.55. The Bertz CT molecular complexity index is 1150. The summed E-state index contributed by atoms with van der Waals surface area (Å²) in [5.74, 6) is 1.22. The Balaban J connectivity index is 1.62. The fraction of sp³-hybridized carbons (Fsp3) is 0.0476. The van der Waals surface area contributed by atoms with Gasteiger partial charge in [-0.25, -0.2) is 4.98 Å². The van der Waals surface area contributed by atoms with Gasteiger partial charge in [0.25, 0.3) is 0 Å². The Morgan fingerprint density at radius 2 is 2.00 bits per heavy atom. The van der Waals surface area contributed by atoms with Crippen LogP contribution in [-0.4, -0.2) is 18.3 Å². The third kappa shape index (κ3) is 3.89. The van der Waals surface area contributed by atoms with Crippen LogP contribution in [0.5, 0.6) is 5.75 Å². The molecule has 0 spiro atoms. The molecule has 0 N–H and O–H groups in total. The van der Waals surface area contributed by atoms with Crippen molar-refractivity contribution in [3.63, 3.8) is 0 Å². The average molecular weight is 442 g/mol. The molecule has 0 aliphatic heterocycles. The van der Waals surface area contributed by atoms with Gasteiger partial charge in [0.15, 0.2) is 5.58 Å². The molecular formula is C21H14BrClN2O2. The van der Waals surface area contributed by atoms with E-state index >= 15 is 0 Å². The number of oxazole rings is 1. The van der Waals surface area contributed by atoms with Gasteiger partial charge in [0.2, 0.25) is 5.89 Å². The van der Waals surface area contributed by atoms with E-state index in [-0.39, 0.29) is 0 Å². The second-order valence-electron chi connectivity index (χ2n) is 5.83. The Hall–Kier alpha value is -2.63. The van der Waals surface area contributed by atoms with Crippen LogP contribution in [0.4, 0.5) is 5.69 Å². The molecule has 0 fully saturated rings. The van der Waals surface area contributed by atoms with Crippen molar-refractivity contribution in [3.8, 4) is 17.2 Å². The number of nitrogens with zero attached hydrogens (tertiary/aromatic N) is 2. The summed E-state index contributed by atoms with van der Waals surface area (Å²) >= 11 is 9.61. The topological polar surface area (TPSA) is 47.6 Å². The van der Waals surface area contributed by atoms with Crippen LogP contribution < -0.4 is 4.74 Å². The number of aromatic nitrogens is 1. The van der Waals surface area contributed by atoms with Crippen molar-refractivity contribution in [2.24, 2.45) is 4.99 Å². The van der Waals surface area contributed by atoms with Crippen LogP contribution in [0.25, 0.3) is 22.6 Å². The van der Waals surface area contributed by atoms with Gasteiger partial charge in [-0.15, -0.1) is 0 Å². The molecular weight excluding hydrogens is 428 g/mol. The molecule has 4 nitrogen and oxygen atoms in total. The number of methoxy groups -OCH3 is 1. The molecule has 3 aromatic carbocycles. The smallest absolute Gasteiger partial charge is 0.227 e. The van der Waals surface area contributed by atoms with Crippen LogP contribution in [0.1, 0.15) is 5.56 Å². The van der Waals surface area contributed by atoms with Crippen molar-refractivity contribution >= 4 is 50.5 Å². The third-order valence-corrected chi connectivity index (χ3v) is 4.77. The molecule has 0 amide bonds. The maximum Gasteiger partial charge on any atom is 0.227 e. The van der Waals surface area contributed by atoms with E-state index in [0.717, 1.165) is 32.4 Å². The van der Waals surface area contributed by atoms with Gasteiger partial charge in [-0.1, -0.05) is 33.6 Å². The Kier molecular flexibility index (Phi) is 4.97. The summed E-state index contributed by atoms with van der Waals surface area (Å²) in [4.78, 5) is 9.08. The van der Waals surface area contributed by atoms with Gasteiger partial charge in [0.1, 0.15) is 11.3 Å². The van der Waals surface area contributed by atoms with E-state index in [0.29, 0.717) is 16.7 Å². The summed E-state index contributed by atoms with van der Waals surface area (Å²) < 4.78 is 12.0. The van der Waals surface area contributed by atoms with Crippen LogP contribution in [0.2, 0.25) is 5.02 Å². The SMILES string of the molecule is COc1ccc(C=Nc2ccc3oc(-c4cccc(Br)c4)nc3c2)cc1Cl. The molecule has 6 heteroatoms. The van der Waals surface area contributed by atoms with E-state index in [9.17, 15) is 0 Å². The minimum atomic E-state index is 0.548. The van der Waals surface area contributed by atoms with E-state index in [4.69, 9.17) is 20.8 Å². The normalized spacial score (nSPS) is 11.4. The first-order valence-electron chi connectivity index (χ1n) is 8.16. The molecule has 1 heterocycles. The van der Waals surface area contributed by atoms with Crippen molar-refractivity contribution in [3.05, 3.63) is 75.7 Å². The molecule has 0 saturated heterocycles. The molecule has 0 saturated carbocycles. The van der Waals surface area contributed by atoms with E-state index in [1.165, 1.54) is 0 Å². The van der Waals surface area contributed by atoms with Crippen molar-refractivity contribution in [1.82, 2.24) is 4.98 Å². The average Bonchev–Trinajstić information content (AvgIpc) is 3.10. The highest BCUT2D eigenvalue weighted by molar-refractivity contribution is 9.10. The van der Waals surface area contributed by atoms with E-state index in [1.54, 1.807) is 13.3 Å². The van der Waals surface area contributed by atoms with Crippen molar-refractivity contribution in [1.29, 1.82) is 0 Å². The van der Waals surface area contributed by atoms with Crippen LogP contribution in [0.3, 0.4) is 0 Å². The first kappa shape index (κ1) is 17.8. The van der Waals surface area contributed by atoms with Gasteiger partial charge in [0, 0.05) is 16.3 Å². The number of hydrogen-bond donors (Lipinski definition) is 0. The summed E-state index contributed by atoms with van der Waals surface area (Å²) in [6, 6.07) is 19.0. The zero-order chi connectivity index (χ0) is 18.8. The zero-order valence-electron chi connectivity index (χ0n) is 14.3. The first-order valence-corrected chi connectivity index (χ1v) is 9.33. The molecule has 0 unspecified atom stereocenters. The number of halogens is 2. The van der Waals surface area contributed by atoms with Crippen LogP contribution in [0, 0.1) is 0 Å². The number of aliphatic imine (C=N–C) groups is 1. The minimum absolute atomic E-state index is 0.548. The fourth-order valence-corrected chi connectivity index (χ4v) is 3.32. The summed E-state index contributed by atoms with van der Waals surface area (Å²) in [5.41, 5.74) is 4.06. The minimum Gasteiger partial charge on any atom is -0.495 e. The van der Waals surface area contributed by atoms with Crippen molar-refractivity contribution in [2.75, 3.05) is 7.11 Å². The number of benzene rings is 3. The molecule has 134 valence electrons. The fourth-order valence-electron chi connectivity index (χ4n) is 2.65. The predicted octanol–water partition coefficient (Wildman–Crippen LogP) is 6.67. The van der Waals surface area contributed by atoms with Crippen molar-refractivity contribution in [2.45, 2.75) is 0 Å². The summed E-state index contributed by atoms with van der Waals surface area (Å²) in [7, 11) is 1.59. The standard InChI is InChI=1S/C21H14BrClN2O2/c1-26-19-7-5-13(9-17(19)23)12-24-16-6-8-20-18(11-16)25-21(27-20)14-3-2-4-15(22)10-14/h2-12H,1H3.